The van der Waals surface area contributed by atoms with Crippen LogP contribution in [-0.4, -0.2) is 23.7 Å². The Morgan fingerprint density at radius 1 is 0.963 bits per heavy atom. The van der Waals surface area contributed by atoms with E-state index in [0.717, 1.165) is 42.7 Å². The van der Waals surface area contributed by atoms with E-state index in [9.17, 15) is 5.11 Å². The molecule has 0 amide bonds. The fraction of sp³-hybridized carbons (Fsp3) is 0.458. The lowest BCUT2D eigenvalue weighted by Gasteiger charge is -2.21. The topological polar surface area (TPSA) is 41.8 Å². The third kappa shape index (κ3) is 3.79. The molecule has 3 nitrogen and oxygen atoms in total. The molecular weight excluding hydrogens is 334 g/mol. The third-order valence-electron chi connectivity index (χ3n) is 5.86. The van der Waals surface area contributed by atoms with E-state index in [1.54, 1.807) is 0 Å². The van der Waals surface area contributed by atoms with E-state index in [2.05, 4.69) is 57.2 Å². The second-order valence-corrected chi connectivity index (χ2v) is 8.88. The lowest BCUT2D eigenvalue weighted by Crippen LogP contribution is -2.25. The Morgan fingerprint density at radius 3 is 2.30 bits per heavy atom. The van der Waals surface area contributed by atoms with Gasteiger partial charge in [0.1, 0.15) is 6.61 Å². The van der Waals surface area contributed by atoms with E-state index >= 15 is 0 Å². The van der Waals surface area contributed by atoms with Crippen LogP contribution in [0.25, 0.3) is 0 Å². The molecule has 1 aliphatic heterocycles. The molecule has 1 atom stereocenters. The van der Waals surface area contributed by atoms with Crippen LogP contribution in [0.15, 0.2) is 41.4 Å². The zero-order valence-electron chi connectivity index (χ0n) is 16.6. The van der Waals surface area contributed by atoms with Gasteiger partial charge in [-0.25, -0.2) is 4.99 Å². The van der Waals surface area contributed by atoms with Crippen molar-refractivity contribution >= 4 is 5.90 Å². The first-order valence-electron chi connectivity index (χ1n) is 9.98. The van der Waals surface area contributed by atoms with Gasteiger partial charge < -0.3 is 9.84 Å². The molecule has 2 aromatic rings. The van der Waals surface area contributed by atoms with Crippen LogP contribution in [0.5, 0.6) is 0 Å². The summed E-state index contributed by atoms with van der Waals surface area (Å²) in [5.74, 6) is 0.806. The fourth-order valence-electron chi connectivity index (χ4n) is 3.94. The average molecular weight is 364 g/mol. The van der Waals surface area contributed by atoms with Crippen LogP contribution in [-0.2, 0) is 37.0 Å². The molecule has 7 rings (SSSR count). The van der Waals surface area contributed by atoms with Crippen LogP contribution in [0.2, 0.25) is 0 Å². The number of ether oxygens (including phenoxy) is 1. The van der Waals surface area contributed by atoms with Crippen molar-refractivity contribution in [2.45, 2.75) is 59.1 Å². The van der Waals surface area contributed by atoms with Gasteiger partial charge in [0.15, 0.2) is 0 Å². The van der Waals surface area contributed by atoms with Crippen molar-refractivity contribution in [3.8, 4) is 0 Å². The van der Waals surface area contributed by atoms with E-state index in [1.165, 1.54) is 22.3 Å². The summed E-state index contributed by atoms with van der Waals surface area (Å²) in [6, 6.07) is 13.5. The minimum Gasteiger partial charge on any atom is -0.475 e. The standard InChI is InChI=1S/C24H29NO2/c1-24(2,3)22-15-27-23(25-22)21-13-17-5-4-16-6-8-18(20(12-16)14-26)10-11-19(21)9-7-17/h6-9,12-13,22,26H,4-5,10-11,14-15H2,1-3H3/t22-/m1/s1. The van der Waals surface area contributed by atoms with Crippen LogP contribution in [0.1, 0.15) is 54.2 Å². The summed E-state index contributed by atoms with van der Waals surface area (Å²) in [7, 11) is 0. The van der Waals surface area contributed by atoms with Crippen molar-refractivity contribution < 1.29 is 9.84 Å². The van der Waals surface area contributed by atoms with Gasteiger partial charge in [-0.3, -0.25) is 0 Å². The molecule has 0 saturated carbocycles. The monoisotopic (exact) mass is 363 g/mol. The van der Waals surface area contributed by atoms with Gasteiger partial charge in [-0.2, -0.15) is 0 Å². The Bertz CT molecular complexity index is 876. The number of aliphatic hydroxyl groups is 1. The minimum absolute atomic E-state index is 0.108. The van der Waals surface area contributed by atoms with Crippen molar-refractivity contribution in [1.82, 2.24) is 0 Å². The van der Waals surface area contributed by atoms with Gasteiger partial charge >= 0.3 is 0 Å². The molecule has 0 spiro atoms. The molecule has 0 fully saturated rings. The van der Waals surface area contributed by atoms with Gasteiger partial charge in [-0.1, -0.05) is 51.1 Å². The first-order valence-corrected chi connectivity index (χ1v) is 9.98. The number of hydrogen-bond acceptors (Lipinski definition) is 3. The van der Waals surface area contributed by atoms with Crippen LogP contribution in [0, 0.1) is 5.41 Å². The molecule has 0 saturated heterocycles. The summed E-state index contributed by atoms with van der Waals surface area (Å²) in [4.78, 5) is 4.93. The van der Waals surface area contributed by atoms with Crippen molar-refractivity contribution in [3.05, 3.63) is 69.8 Å². The van der Waals surface area contributed by atoms with Crippen LogP contribution in [0.3, 0.4) is 0 Å². The Morgan fingerprint density at radius 2 is 1.63 bits per heavy atom. The van der Waals surface area contributed by atoms with Gasteiger partial charge in [-0.05, 0) is 65.0 Å². The first kappa shape index (κ1) is 18.2. The Kier molecular flexibility index (Phi) is 4.81. The molecule has 5 aliphatic rings. The third-order valence-corrected chi connectivity index (χ3v) is 5.86. The number of benzene rings is 2. The second-order valence-electron chi connectivity index (χ2n) is 8.88. The number of nitrogens with zero attached hydrogens (tertiary/aromatic N) is 1. The summed E-state index contributed by atoms with van der Waals surface area (Å²) in [6.07, 6.45) is 3.79. The molecule has 1 N–H and O–H groups in total. The predicted molar refractivity (Wildman–Crippen MR) is 109 cm³/mol. The Hall–Kier alpha value is -2.13. The number of aliphatic hydroxyl groups excluding tert-OH is 1. The molecule has 0 radical (unpaired) electrons. The summed E-state index contributed by atoms with van der Waals surface area (Å²) >= 11 is 0. The quantitative estimate of drug-likeness (QED) is 0.866. The van der Waals surface area contributed by atoms with E-state index in [-0.39, 0.29) is 18.1 Å². The Balaban J connectivity index is 1.71. The molecule has 142 valence electrons. The maximum Gasteiger partial charge on any atom is 0.216 e. The molecule has 27 heavy (non-hydrogen) atoms. The van der Waals surface area contributed by atoms with Crippen LogP contribution >= 0.6 is 0 Å². The number of rotatable bonds is 2. The van der Waals surface area contributed by atoms with Crippen molar-refractivity contribution in [2.24, 2.45) is 10.4 Å². The molecule has 1 heterocycles. The van der Waals surface area contributed by atoms with Crippen molar-refractivity contribution in [1.29, 1.82) is 0 Å². The van der Waals surface area contributed by atoms with E-state index < -0.39 is 0 Å². The van der Waals surface area contributed by atoms with Gasteiger partial charge in [0.05, 0.1) is 12.6 Å². The van der Waals surface area contributed by atoms with E-state index in [4.69, 9.17) is 9.73 Å². The highest BCUT2D eigenvalue weighted by atomic mass is 16.5. The number of aliphatic imine (C=N–C) groups is 1. The normalized spacial score (nSPS) is 19.4. The molecule has 0 unspecified atom stereocenters. The maximum atomic E-state index is 9.77. The van der Waals surface area contributed by atoms with Gasteiger partial charge in [0, 0.05) is 5.56 Å². The van der Waals surface area contributed by atoms with Crippen LogP contribution < -0.4 is 0 Å². The van der Waals surface area contributed by atoms with Crippen LogP contribution in [0.4, 0.5) is 0 Å². The zero-order valence-corrected chi connectivity index (χ0v) is 16.6. The SMILES string of the molecule is CC(C)(C)[C@H]1COC(c2cc3ccc2CCc2ccc(cc2CO)CC3)=N1. The Labute approximate surface area is 162 Å². The van der Waals surface area contributed by atoms with Gasteiger partial charge in [0.2, 0.25) is 5.90 Å². The minimum atomic E-state index is 0.108. The van der Waals surface area contributed by atoms with Gasteiger partial charge in [-0.15, -0.1) is 0 Å². The molecular formula is C24H29NO2. The van der Waals surface area contributed by atoms with E-state index in [0.29, 0.717) is 6.61 Å². The molecule has 4 aliphatic carbocycles. The fourth-order valence-corrected chi connectivity index (χ4v) is 3.94. The summed E-state index contributed by atoms with van der Waals surface area (Å²) < 4.78 is 6.05. The highest BCUT2D eigenvalue weighted by Gasteiger charge is 2.31. The molecule has 0 aromatic heterocycles. The second kappa shape index (κ2) is 7.12. The predicted octanol–water partition coefficient (Wildman–Crippen LogP) is 4.25. The molecule has 4 bridgehead atoms. The average Bonchev–Trinajstić information content (AvgIpc) is 3.14. The summed E-state index contributed by atoms with van der Waals surface area (Å²) in [6.45, 7) is 7.43. The lowest BCUT2D eigenvalue weighted by molar-refractivity contribution is 0.236. The zero-order chi connectivity index (χ0) is 19.0. The van der Waals surface area contributed by atoms with E-state index in [1.807, 2.05) is 0 Å². The molecule has 2 aromatic carbocycles. The summed E-state index contributed by atoms with van der Waals surface area (Å²) in [5.41, 5.74) is 7.44. The number of aryl methyl sites for hydroxylation is 4. The number of hydrogen-bond donors (Lipinski definition) is 1. The van der Waals surface area contributed by atoms with Crippen molar-refractivity contribution in [2.75, 3.05) is 6.61 Å². The lowest BCUT2D eigenvalue weighted by atomic mass is 9.88. The largest absolute Gasteiger partial charge is 0.475 e. The smallest absolute Gasteiger partial charge is 0.216 e. The summed E-state index contributed by atoms with van der Waals surface area (Å²) in [5, 5.41) is 9.77. The van der Waals surface area contributed by atoms with Gasteiger partial charge in [0.25, 0.3) is 0 Å². The highest BCUT2D eigenvalue weighted by Crippen LogP contribution is 2.29. The highest BCUT2D eigenvalue weighted by molar-refractivity contribution is 5.97. The van der Waals surface area contributed by atoms with Crippen molar-refractivity contribution in [3.63, 3.8) is 0 Å². The maximum absolute atomic E-state index is 9.77. The molecule has 3 heteroatoms. The first-order chi connectivity index (χ1) is 12.9.